The van der Waals surface area contributed by atoms with E-state index in [0.29, 0.717) is 5.92 Å². The highest BCUT2D eigenvalue weighted by molar-refractivity contribution is 4.75. The van der Waals surface area contributed by atoms with E-state index in [1.54, 1.807) is 7.11 Å². The summed E-state index contributed by atoms with van der Waals surface area (Å²) < 4.78 is 5.17. The Morgan fingerprint density at radius 1 is 1.57 bits per heavy atom. The summed E-state index contributed by atoms with van der Waals surface area (Å²) in [7, 11) is 1.79. The molecule has 0 spiro atoms. The third-order valence-corrected chi connectivity index (χ3v) is 3.11. The molecular weight excluding hydrogens is 176 g/mol. The summed E-state index contributed by atoms with van der Waals surface area (Å²) in [6.07, 6.45) is 2.53. The molecule has 2 unspecified atom stereocenters. The minimum absolute atomic E-state index is 0.663. The van der Waals surface area contributed by atoms with Crippen LogP contribution in [0.2, 0.25) is 0 Å². The van der Waals surface area contributed by atoms with Crippen molar-refractivity contribution >= 4 is 0 Å². The second kappa shape index (κ2) is 6.38. The normalized spacial score (nSPS) is 25.5. The zero-order chi connectivity index (χ0) is 10.4. The lowest BCUT2D eigenvalue weighted by atomic mass is 10.1. The Hall–Kier alpha value is -0.120. The monoisotopic (exact) mass is 200 g/mol. The Labute approximate surface area is 87.6 Å². The molecule has 1 saturated heterocycles. The van der Waals surface area contributed by atoms with E-state index in [-0.39, 0.29) is 0 Å². The van der Waals surface area contributed by atoms with E-state index in [1.165, 1.54) is 32.5 Å². The van der Waals surface area contributed by atoms with E-state index in [4.69, 9.17) is 10.5 Å². The van der Waals surface area contributed by atoms with Crippen molar-refractivity contribution in [3.63, 3.8) is 0 Å². The summed E-state index contributed by atoms with van der Waals surface area (Å²) in [5.74, 6) is 1.42. The standard InChI is InChI=1S/C11H24N2O/c1-10(7-12)3-5-13-6-4-11(8-13)9-14-2/h10-11H,3-9,12H2,1-2H3. The Kier molecular flexibility index (Phi) is 5.45. The maximum Gasteiger partial charge on any atom is 0.0503 e. The number of nitrogens with zero attached hydrogens (tertiary/aromatic N) is 1. The molecule has 0 aromatic carbocycles. The highest BCUT2D eigenvalue weighted by Crippen LogP contribution is 2.17. The first kappa shape index (κ1) is 12.0. The van der Waals surface area contributed by atoms with Crippen molar-refractivity contribution in [2.75, 3.05) is 39.9 Å². The number of likely N-dealkylation sites (tertiary alicyclic amines) is 1. The fourth-order valence-electron chi connectivity index (χ4n) is 2.01. The van der Waals surface area contributed by atoms with Gasteiger partial charge in [-0.1, -0.05) is 6.92 Å². The highest BCUT2D eigenvalue weighted by Gasteiger charge is 2.21. The van der Waals surface area contributed by atoms with Crippen LogP contribution in [0.15, 0.2) is 0 Å². The zero-order valence-corrected chi connectivity index (χ0v) is 9.54. The lowest BCUT2D eigenvalue weighted by Crippen LogP contribution is -2.25. The van der Waals surface area contributed by atoms with Gasteiger partial charge >= 0.3 is 0 Å². The van der Waals surface area contributed by atoms with E-state index < -0.39 is 0 Å². The van der Waals surface area contributed by atoms with Gasteiger partial charge in [0.25, 0.3) is 0 Å². The summed E-state index contributed by atoms with van der Waals surface area (Å²) >= 11 is 0. The van der Waals surface area contributed by atoms with Crippen LogP contribution in [-0.2, 0) is 4.74 Å². The quantitative estimate of drug-likeness (QED) is 0.693. The number of rotatable bonds is 6. The van der Waals surface area contributed by atoms with Gasteiger partial charge in [-0.3, -0.25) is 0 Å². The molecule has 0 bridgehead atoms. The second-order valence-corrected chi connectivity index (χ2v) is 4.54. The summed E-state index contributed by atoms with van der Waals surface area (Å²) in [5.41, 5.74) is 5.59. The molecule has 0 aliphatic carbocycles. The first-order valence-corrected chi connectivity index (χ1v) is 5.67. The summed E-state index contributed by atoms with van der Waals surface area (Å²) in [6.45, 7) is 7.62. The van der Waals surface area contributed by atoms with Crippen molar-refractivity contribution in [2.24, 2.45) is 17.6 Å². The lowest BCUT2D eigenvalue weighted by molar-refractivity contribution is 0.152. The minimum atomic E-state index is 0.663. The SMILES string of the molecule is COCC1CCN(CCC(C)CN)C1. The predicted octanol–water partition coefficient (Wildman–Crippen LogP) is 0.940. The first-order chi connectivity index (χ1) is 6.76. The van der Waals surface area contributed by atoms with Gasteiger partial charge in [0, 0.05) is 13.7 Å². The number of ether oxygens (including phenoxy) is 1. The van der Waals surface area contributed by atoms with Crippen LogP contribution >= 0.6 is 0 Å². The number of methoxy groups -OCH3 is 1. The smallest absolute Gasteiger partial charge is 0.0503 e. The average molecular weight is 200 g/mol. The Balaban J connectivity index is 2.09. The van der Waals surface area contributed by atoms with Crippen molar-refractivity contribution in [2.45, 2.75) is 19.8 Å². The molecule has 14 heavy (non-hydrogen) atoms. The van der Waals surface area contributed by atoms with Crippen LogP contribution in [0, 0.1) is 11.8 Å². The highest BCUT2D eigenvalue weighted by atomic mass is 16.5. The van der Waals surface area contributed by atoms with Gasteiger partial charge in [0.05, 0.1) is 6.61 Å². The molecule has 1 aliphatic rings. The van der Waals surface area contributed by atoms with E-state index >= 15 is 0 Å². The molecular formula is C11H24N2O. The summed E-state index contributed by atoms with van der Waals surface area (Å²) in [4.78, 5) is 2.54. The van der Waals surface area contributed by atoms with Gasteiger partial charge in [-0.15, -0.1) is 0 Å². The van der Waals surface area contributed by atoms with Gasteiger partial charge in [0.15, 0.2) is 0 Å². The van der Waals surface area contributed by atoms with Crippen LogP contribution in [0.25, 0.3) is 0 Å². The van der Waals surface area contributed by atoms with Gasteiger partial charge in [0.1, 0.15) is 0 Å². The molecule has 3 heteroatoms. The molecule has 0 saturated carbocycles. The van der Waals surface area contributed by atoms with E-state index in [2.05, 4.69) is 11.8 Å². The molecule has 1 fully saturated rings. The fourth-order valence-corrected chi connectivity index (χ4v) is 2.01. The molecule has 2 atom stereocenters. The van der Waals surface area contributed by atoms with Crippen molar-refractivity contribution in [1.82, 2.24) is 4.90 Å². The van der Waals surface area contributed by atoms with Gasteiger partial charge in [-0.2, -0.15) is 0 Å². The fraction of sp³-hybridized carbons (Fsp3) is 1.00. The van der Waals surface area contributed by atoms with Crippen molar-refractivity contribution in [1.29, 1.82) is 0 Å². The lowest BCUT2D eigenvalue weighted by Gasteiger charge is -2.17. The molecule has 0 amide bonds. The number of hydrogen-bond donors (Lipinski definition) is 1. The summed E-state index contributed by atoms with van der Waals surface area (Å²) in [6, 6.07) is 0. The maximum absolute atomic E-state index is 5.59. The van der Waals surface area contributed by atoms with Crippen molar-refractivity contribution < 1.29 is 4.74 Å². The Morgan fingerprint density at radius 2 is 2.36 bits per heavy atom. The molecule has 3 nitrogen and oxygen atoms in total. The average Bonchev–Trinajstić information content (AvgIpc) is 2.63. The van der Waals surface area contributed by atoms with Gasteiger partial charge in [-0.25, -0.2) is 0 Å². The van der Waals surface area contributed by atoms with E-state index in [0.717, 1.165) is 19.1 Å². The van der Waals surface area contributed by atoms with Crippen molar-refractivity contribution in [3.05, 3.63) is 0 Å². The van der Waals surface area contributed by atoms with Gasteiger partial charge in [-0.05, 0) is 44.3 Å². The van der Waals surface area contributed by atoms with E-state index in [1.807, 2.05) is 0 Å². The Morgan fingerprint density at radius 3 is 3.00 bits per heavy atom. The molecule has 84 valence electrons. The number of nitrogens with two attached hydrogens (primary N) is 1. The van der Waals surface area contributed by atoms with Crippen LogP contribution in [-0.4, -0.2) is 44.8 Å². The largest absolute Gasteiger partial charge is 0.384 e. The van der Waals surface area contributed by atoms with Crippen LogP contribution < -0.4 is 5.73 Å². The zero-order valence-electron chi connectivity index (χ0n) is 9.54. The summed E-state index contributed by atoms with van der Waals surface area (Å²) in [5, 5.41) is 0. The minimum Gasteiger partial charge on any atom is -0.384 e. The van der Waals surface area contributed by atoms with Gasteiger partial charge < -0.3 is 15.4 Å². The topological polar surface area (TPSA) is 38.5 Å². The third-order valence-electron chi connectivity index (χ3n) is 3.11. The number of hydrogen-bond acceptors (Lipinski definition) is 3. The predicted molar refractivity (Wildman–Crippen MR) is 59.3 cm³/mol. The molecule has 1 aliphatic heterocycles. The van der Waals surface area contributed by atoms with Crippen molar-refractivity contribution in [3.8, 4) is 0 Å². The Bertz CT molecular complexity index is 152. The molecule has 1 heterocycles. The molecule has 1 rings (SSSR count). The van der Waals surface area contributed by atoms with Crippen LogP contribution in [0.5, 0.6) is 0 Å². The van der Waals surface area contributed by atoms with Crippen LogP contribution in [0.4, 0.5) is 0 Å². The van der Waals surface area contributed by atoms with Crippen LogP contribution in [0.3, 0.4) is 0 Å². The van der Waals surface area contributed by atoms with Gasteiger partial charge in [0.2, 0.25) is 0 Å². The first-order valence-electron chi connectivity index (χ1n) is 5.67. The molecule has 2 N–H and O–H groups in total. The molecule has 0 aromatic rings. The molecule has 0 radical (unpaired) electrons. The third kappa shape index (κ3) is 3.95. The maximum atomic E-state index is 5.59. The van der Waals surface area contributed by atoms with E-state index in [9.17, 15) is 0 Å². The molecule has 0 aromatic heterocycles. The van der Waals surface area contributed by atoms with Crippen LogP contribution in [0.1, 0.15) is 19.8 Å². The second-order valence-electron chi connectivity index (χ2n) is 4.54.